The van der Waals surface area contributed by atoms with Gasteiger partial charge in [-0.15, -0.1) is 0 Å². The zero-order chi connectivity index (χ0) is 19.0. The molecule has 0 unspecified atom stereocenters. The van der Waals surface area contributed by atoms with Crippen molar-refractivity contribution in [3.05, 3.63) is 64.5 Å². The van der Waals surface area contributed by atoms with E-state index in [4.69, 9.17) is 9.47 Å². The molecule has 0 aliphatic heterocycles. The van der Waals surface area contributed by atoms with Crippen LogP contribution in [0.5, 0.6) is 11.5 Å². The quantitative estimate of drug-likeness (QED) is 0.287. The van der Waals surface area contributed by atoms with E-state index in [0.29, 0.717) is 23.1 Å². The number of benzene rings is 2. The number of carbonyl (C=O) groups is 1. The molecule has 0 fully saturated rings. The number of aromatic nitrogens is 2. The number of rotatable bonds is 5. The Morgan fingerprint density at radius 2 is 1.96 bits per heavy atom. The first-order chi connectivity index (χ1) is 13.0. The highest BCUT2D eigenvalue weighted by Gasteiger charge is 2.15. The molecule has 0 saturated heterocycles. The fraction of sp³-hybridized carbons (Fsp3) is 0.111. The second kappa shape index (κ2) is 6.69. The van der Waals surface area contributed by atoms with Crippen LogP contribution < -0.4 is 4.74 Å². The van der Waals surface area contributed by atoms with Gasteiger partial charge in [-0.2, -0.15) is 0 Å². The van der Waals surface area contributed by atoms with Crippen LogP contribution in [0.15, 0.2) is 48.7 Å². The van der Waals surface area contributed by atoms with Gasteiger partial charge in [-0.05, 0) is 31.2 Å². The van der Waals surface area contributed by atoms with E-state index in [1.807, 2.05) is 16.5 Å². The number of nitrogens with zero attached hydrogens (tertiary/aromatic N) is 3. The summed E-state index contributed by atoms with van der Waals surface area (Å²) >= 11 is 1.42. The normalized spacial score (nSPS) is 11.0. The Morgan fingerprint density at radius 3 is 2.67 bits per heavy atom. The lowest BCUT2D eigenvalue weighted by Crippen LogP contribution is -2.04. The van der Waals surface area contributed by atoms with Crippen LogP contribution in [-0.2, 0) is 4.74 Å². The standard InChI is InChI=1S/C18H13N3O5S/c1-2-25-17(22)14-10-20-15-8-7-13(9-16(15)27-18(20)19-14)26-12-5-3-11(4-6-12)21(23)24/h3-10H,2H2,1H3. The Hall–Kier alpha value is -3.46. The van der Waals surface area contributed by atoms with Crippen LogP contribution in [-0.4, -0.2) is 26.9 Å². The maximum Gasteiger partial charge on any atom is 0.358 e. The molecule has 0 aliphatic carbocycles. The molecule has 2 aromatic carbocycles. The Kier molecular flexibility index (Phi) is 4.21. The minimum atomic E-state index is -0.457. The van der Waals surface area contributed by atoms with Crippen molar-refractivity contribution in [2.75, 3.05) is 6.61 Å². The van der Waals surface area contributed by atoms with Gasteiger partial charge >= 0.3 is 5.97 Å². The largest absolute Gasteiger partial charge is 0.461 e. The third kappa shape index (κ3) is 3.20. The smallest absolute Gasteiger partial charge is 0.358 e. The van der Waals surface area contributed by atoms with Crippen LogP contribution in [0.2, 0.25) is 0 Å². The number of nitro benzene ring substituents is 1. The number of nitro groups is 1. The number of carbonyl (C=O) groups excluding carboxylic acids is 1. The lowest BCUT2D eigenvalue weighted by atomic mass is 10.3. The summed E-state index contributed by atoms with van der Waals surface area (Å²) < 4.78 is 13.5. The topological polar surface area (TPSA) is 96.0 Å². The monoisotopic (exact) mass is 383 g/mol. The van der Waals surface area contributed by atoms with E-state index < -0.39 is 10.9 Å². The van der Waals surface area contributed by atoms with Crippen molar-refractivity contribution in [3.8, 4) is 11.5 Å². The van der Waals surface area contributed by atoms with Gasteiger partial charge in [0.05, 0.1) is 21.7 Å². The molecule has 0 atom stereocenters. The second-order valence-corrected chi connectivity index (χ2v) is 6.59. The van der Waals surface area contributed by atoms with Gasteiger partial charge in [-0.25, -0.2) is 9.78 Å². The van der Waals surface area contributed by atoms with Crippen LogP contribution >= 0.6 is 11.3 Å². The predicted molar refractivity (Wildman–Crippen MR) is 99.7 cm³/mol. The van der Waals surface area contributed by atoms with E-state index in [9.17, 15) is 14.9 Å². The summed E-state index contributed by atoms with van der Waals surface area (Å²) in [6.45, 7) is 2.05. The number of hydrogen-bond acceptors (Lipinski definition) is 7. The summed E-state index contributed by atoms with van der Waals surface area (Å²) in [5.41, 5.74) is 1.18. The van der Waals surface area contributed by atoms with Crippen molar-refractivity contribution in [3.63, 3.8) is 0 Å². The first-order valence-corrected chi connectivity index (χ1v) is 8.88. The fourth-order valence-electron chi connectivity index (χ4n) is 2.62. The van der Waals surface area contributed by atoms with Gasteiger partial charge in [0, 0.05) is 24.4 Å². The molecule has 0 spiro atoms. The van der Waals surface area contributed by atoms with Crippen LogP contribution in [0, 0.1) is 10.1 Å². The summed E-state index contributed by atoms with van der Waals surface area (Å²) in [6.07, 6.45) is 1.66. The van der Waals surface area contributed by atoms with Gasteiger partial charge < -0.3 is 9.47 Å². The van der Waals surface area contributed by atoms with Crippen molar-refractivity contribution in [2.45, 2.75) is 6.92 Å². The van der Waals surface area contributed by atoms with E-state index in [1.165, 1.54) is 23.5 Å². The molecule has 0 saturated carbocycles. The molecule has 9 heteroatoms. The molecule has 0 aliphatic rings. The SMILES string of the molecule is CCOC(=O)c1cn2c(n1)sc1cc(Oc3ccc([N+](=O)[O-])cc3)ccc12. The minimum absolute atomic E-state index is 0.00897. The molecular formula is C18H13N3O5S. The van der Waals surface area contributed by atoms with E-state index >= 15 is 0 Å². The Bertz CT molecular complexity index is 1160. The number of esters is 1. The lowest BCUT2D eigenvalue weighted by molar-refractivity contribution is -0.384. The highest BCUT2D eigenvalue weighted by molar-refractivity contribution is 7.23. The number of imidazole rings is 1. The average Bonchev–Trinajstić information content (AvgIpc) is 3.20. The van der Waals surface area contributed by atoms with Crippen LogP contribution in [0.25, 0.3) is 15.2 Å². The zero-order valence-corrected chi connectivity index (χ0v) is 14.9. The summed E-state index contributed by atoms with van der Waals surface area (Å²) in [6, 6.07) is 11.4. The van der Waals surface area contributed by atoms with E-state index in [-0.39, 0.29) is 11.4 Å². The maximum atomic E-state index is 11.8. The van der Waals surface area contributed by atoms with Crippen LogP contribution in [0.3, 0.4) is 0 Å². The lowest BCUT2D eigenvalue weighted by Gasteiger charge is -2.05. The Balaban J connectivity index is 1.62. The number of hydrogen-bond donors (Lipinski definition) is 0. The first kappa shape index (κ1) is 17.0. The summed E-state index contributed by atoms with van der Waals surface area (Å²) in [4.78, 5) is 27.1. The van der Waals surface area contributed by atoms with Crippen molar-refractivity contribution in [1.82, 2.24) is 9.38 Å². The van der Waals surface area contributed by atoms with E-state index in [0.717, 1.165) is 10.2 Å². The van der Waals surface area contributed by atoms with Crippen molar-refractivity contribution in [1.29, 1.82) is 0 Å². The molecule has 0 radical (unpaired) electrons. The van der Waals surface area contributed by atoms with Crippen molar-refractivity contribution < 1.29 is 19.2 Å². The van der Waals surface area contributed by atoms with Crippen molar-refractivity contribution >= 4 is 38.2 Å². The zero-order valence-electron chi connectivity index (χ0n) is 14.1. The first-order valence-electron chi connectivity index (χ1n) is 8.06. The number of fused-ring (bicyclic) bond motifs is 3. The second-order valence-electron chi connectivity index (χ2n) is 5.58. The number of ether oxygens (including phenoxy) is 2. The predicted octanol–water partition coefficient (Wildman–Crippen LogP) is 4.43. The molecule has 0 bridgehead atoms. The number of non-ortho nitro benzene ring substituents is 1. The van der Waals surface area contributed by atoms with Crippen molar-refractivity contribution in [2.24, 2.45) is 0 Å². The minimum Gasteiger partial charge on any atom is -0.461 e. The van der Waals surface area contributed by atoms with Gasteiger partial charge in [-0.3, -0.25) is 14.5 Å². The molecule has 2 aromatic heterocycles. The molecule has 4 aromatic rings. The van der Waals surface area contributed by atoms with Crippen LogP contribution in [0.4, 0.5) is 5.69 Å². The van der Waals surface area contributed by atoms with Gasteiger partial charge in [0.2, 0.25) is 0 Å². The third-order valence-electron chi connectivity index (χ3n) is 3.83. The molecule has 4 rings (SSSR count). The molecule has 27 heavy (non-hydrogen) atoms. The van der Waals surface area contributed by atoms with Gasteiger partial charge in [-0.1, -0.05) is 11.3 Å². The van der Waals surface area contributed by atoms with Crippen LogP contribution in [0.1, 0.15) is 17.4 Å². The summed E-state index contributed by atoms with van der Waals surface area (Å²) in [5, 5.41) is 10.7. The summed E-state index contributed by atoms with van der Waals surface area (Å²) in [7, 11) is 0. The highest BCUT2D eigenvalue weighted by Crippen LogP contribution is 2.32. The molecule has 0 amide bonds. The van der Waals surface area contributed by atoms with Gasteiger partial charge in [0.15, 0.2) is 10.7 Å². The molecule has 8 nitrogen and oxygen atoms in total. The number of thiazole rings is 1. The fourth-order valence-corrected chi connectivity index (χ4v) is 3.66. The van der Waals surface area contributed by atoms with Gasteiger partial charge in [0.1, 0.15) is 11.5 Å². The maximum absolute atomic E-state index is 11.8. The third-order valence-corrected chi connectivity index (χ3v) is 4.85. The van der Waals surface area contributed by atoms with E-state index in [1.54, 1.807) is 31.3 Å². The molecule has 136 valence electrons. The Morgan fingerprint density at radius 1 is 1.22 bits per heavy atom. The Labute approximate surface area is 156 Å². The molecule has 2 heterocycles. The molecule has 0 N–H and O–H groups in total. The van der Waals surface area contributed by atoms with E-state index in [2.05, 4.69) is 4.98 Å². The highest BCUT2D eigenvalue weighted by atomic mass is 32.1. The van der Waals surface area contributed by atoms with Gasteiger partial charge in [0.25, 0.3) is 5.69 Å². The molecular weight excluding hydrogens is 370 g/mol. The average molecular weight is 383 g/mol. The summed E-state index contributed by atoms with van der Waals surface area (Å²) in [5.74, 6) is 0.664.